The fourth-order valence-electron chi connectivity index (χ4n) is 4.69. The van der Waals surface area contributed by atoms with Crippen LogP contribution in [0.4, 0.5) is 4.79 Å². The number of benzene rings is 2. The molecule has 7 heteroatoms. The highest BCUT2D eigenvalue weighted by Crippen LogP contribution is 2.44. The summed E-state index contributed by atoms with van der Waals surface area (Å²) in [5.41, 5.74) is 3.66. The maximum atomic E-state index is 12.8. The van der Waals surface area contributed by atoms with Gasteiger partial charge in [-0.15, -0.1) is 0 Å². The fraction of sp³-hybridized carbons (Fsp3) is 0.400. The molecule has 4 rings (SSSR count). The minimum absolute atomic E-state index is 0.0555. The first-order valence-corrected chi connectivity index (χ1v) is 11.0. The Hall–Kier alpha value is -3.35. The van der Waals surface area contributed by atoms with Crippen molar-refractivity contribution < 1.29 is 24.2 Å². The molecule has 7 nitrogen and oxygen atoms in total. The van der Waals surface area contributed by atoms with Gasteiger partial charge in [0.25, 0.3) is 0 Å². The molecule has 2 aliphatic rings. The number of fused-ring (bicyclic) bond motifs is 3. The van der Waals surface area contributed by atoms with E-state index in [4.69, 9.17) is 4.74 Å². The first kappa shape index (κ1) is 21.9. The molecular formula is C25H28N2O5. The van der Waals surface area contributed by atoms with Gasteiger partial charge in [0.1, 0.15) is 18.1 Å². The van der Waals surface area contributed by atoms with Crippen molar-refractivity contribution in [2.24, 2.45) is 5.41 Å². The van der Waals surface area contributed by atoms with Gasteiger partial charge in [-0.25, -0.2) is 4.79 Å². The molecule has 0 saturated carbocycles. The Bertz CT molecular complexity index is 999. The Kier molecular flexibility index (Phi) is 5.91. The van der Waals surface area contributed by atoms with Crippen LogP contribution in [0.25, 0.3) is 11.1 Å². The fourth-order valence-corrected chi connectivity index (χ4v) is 4.69. The summed E-state index contributed by atoms with van der Waals surface area (Å²) in [5.74, 6) is -1.21. The monoisotopic (exact) mass is 436 g/mol. The van der Waals surface area contributed by atoms with Crippen LogP contribution in [0.3, 0.4) is 0 Å². The van der Waals surface area contributed by atoms with Gasteiger partial charge in [-0.2, -0.15) is 0 Å². The number of aliphatic carboxylic acids is 1. The van der Waals surface area contributed by atoms with Crippen molar-refractivity contribution in [2.45, 2.75) is 38.6 Å². The van der Waals surface area contributed by atoms with Gasteiger partial charge in [0, 0.05) is 19.0 Å². The summed E-state index contributed by atoms with van der Waals surface area (Å²) in [6, 6.07) is 15.4. The number of alkyl carbamates (subject to hydrolysis) is 1. The van der Waals surface area contributed by atoms with Crippen LogP contribution in [-0.4, -0.2) is 53.7 Å². The molecular weight excluding hydrogens is 408 g/mol. The molecule has 1 aliphatic carbocycles. The summed E-state index contributed by atoms with van der Waals surface area (Å²) in [4.78, 5) is 38.3. The number of rotatable bonds is 7. The minimum atomic E-state index is -0.887. The van der Waals surface area contributed by atoms with Gasteiger partial charge in [-0.05, 0) is 35.1 Å². The van der Waals surface area contributed by atoms with Crippen molar-refractivity contribution in [1.82, 2.24) is 10.2 Å². The number of carbonyl (C=O) groups is 3. The third kappa shape index (κ3) is 3.72. The molecule has 1 saturated heterocycles. The third-order valence-electron chi connectivity index (χ3n) is 6.77. The summed E-state index contributed by atoms with van der Waals surface area (Å²) in [6.07, 6.45) is 0.210. The van der Waals surface area contributed by atoms with E-state index in [1.165, 1.54) is 4.90 Å². The molecule has 2 aromatic carbocycles. The normalized spacial score (nSPS) is 17.0. The molecule has 0 bridgehead atoms. The molecule has 1 atom stereocenters. The van der Waals surface area contributed by atoms with Crippen LogP contribution in [0.5, 0.6) is 0 Å². The first-order valence-electron chi connectivity index (χ1n) is 11.0. The molecule has 1 unspecified atom stereocenters. The first-order chi connectivity index (χ1) is 15.4. The van der Waals surface area contributed by atoms with Crippen molar-refractivity contribution in [3.63, 3.8) is 0 Å². The summed E-state index contributed by atoms with van der Waals surface area (Å²) < 4.78 is 5.54. The second kappa shape index (κ2) is 8.65. The molecule has 2 aromatic rings. The smallest absolute Gasteiger partial charge is 0.407 e. The molecule has 168 valence electrons. The highest BCUT2D eigenvalue weighted by Gasteiger charge is 2.50. The molecule has 2 N–H and O–H groups in total. The van der Waals surface area contributed by atoms with Crippen LogP contribution in [0.1, 0.15) is 43.7 Å². The Morgan fingerprint density at radius 2 is 1.62 bits per heavy atom. The maximum Gasteiger partial charge on any atom is 0.407 e. The SMILES string of the molecule is CCC(NC(=O)OCC1c2ccccc2-c2ccccc21)C(=O)N1CC(CC)(C(=O)O)C1. The van der Waals surface area contributed by atoms with Crippen molar-refractivity contribution in [1.29, 1.82) is 0 Å². The van der Waals surface area contributed by atoms with E-state index >= 15 is 0 Å². The number of carbonyl (C=O) groups excluding carboxylic acids is 2. The van der Waals surface area contributed by atoms with Crippen LogP contribution >= 0.6 is 0 Å². The van der Waals surface area contributed by atoms with Crippen LogP contribution < -0.4 is 5.32 Å². The lowest BCUT2D eigenvalue weighted by Gasteiger charge is -2.47. The predicted octanol–water partition coefficient (Wildman–Crippen LogP) is 3.63. The zero-order valence-electron chi connectivity index (χ0n) is 18.3. The second-order valence-corrected chi connectivity index (χ2v) is 8.56. The van der Waals surface area contributed by atoms with Crippen LogP contribution in [-0.2, 0) is 14.3 Å². The average molecular weight is 437 g/mol. The molecule has 2 amide bonds. The van der Waals surface area contributed by atoms with Gasteiger partial charge in [0.05, 0.1) is 0 Å². The van der Waals surface area contributed by atoms with E-state index in [2.05, 4.69) is 17.4 Å². The average Bonchev–Trinajstić information content (AvgIpc) is 3.09. The van der Waals surface area contributed by atoms with E-state index in [-0.39, 0.29) is 31.5 Å². The maximum absolute atomic E-state index is 12.8. The quantitative estimate of drug-likeness (QED) is 0.691. The van der Waals surface area contributed by atoms with E-state index in [1.54, 1.807) is 6.92 Å². The van der Waals surface area contributed by atoms with Gasteiger partial charge in [0.15, 0.2) is 0 Å². The van der Waals surface area contributed by atoms with Crippen molar-refractivity contribution >= 4 is 18.0 Å². The highest BCUT2D eigenvalue weighted by molar-refractivity contribution is 5.89. The van der Waals surface area contributed by atoms with Crippen LogP contribution in [0, 0.1) is 5.41 Å². The highest BCUT2D eigenvalue weighted by atomic mass is 16.5. The molecule has 1 heterocycles. The Morgan fingerprint density at radius 1 is 1.06 bits per heavy atom. The van der Waals surface area contributed by atoms with Gasteiger partial charge < -0.3 is 20.1 Å². The number of nitrogens with one attached hydrogen (secondary N) is 1. The molecule has 1 fully saturated rings. The lowest BCUT2D eigenvalue weighted by molar-refractivity contribution is -0.167. The van der Waals surface area contributed by atoms with E-state index in [1.807, 2.05) is 43.3 Å². The summed E-state index contributed by atoms with van der Waals surface area (Å²) >= 11 is 0. The van der Waals surface area contributed by atoms with Crippen molar-refractivity contribution in [2.75, 3.05) is 19.7 Å². The number of amides is 2. The molecule has 0 spiro atoms. The van der Waals surface area contributed by atoms with Gasteiger partial charge in [-0.3, -0.25) is 9.59 Å². The van der Waals surface area contributed by atoms with Crippen molar-refractivity contribution in [3.8, 4) is 11.1 Å². The zero-order chi connectivity index (χ0) is 22.9. The minimum Gasteiger partial charge on any atom is -0.481 e. The van der Waals surface area contributed by atoms with Crippen molar-refractivity contribution in [3.05, 3.63) is 59.7 Å². The summed E-state index contributed by atoms with van der Waals surface area (Å²) in [5, 5.41) is 12.1. The van der Waals surface area contributed by atoms with E-state index in [0.29, 0.717) is 12.8 Å². The van der Waals surface area contributed by atoms with Crippen LogP contribution in [0.15, 0.2) is 48.5 Å². The molecule has 32 heavy (non-hydrogen) atoms. The molecule has 0 radical (unpaired) electrons. The van der Waals surface area contributed by atoms with Gasteiger partial charge in [0.2, 0.25) is 5.91 Å². The van der Waals surface area contributed by atoms with Gasteiger partial charge >= 0.3 is 12.1 Å². The molecule has 0 aromatic heterocycles. The topological polar surface area (TPSA) is 95.9 Å². The number of ether oxygens (including phenoxy) is 1. The second-order valence-electron chi connectivity index (χ2n) is 8.56. The van der Waals surface area contributed by atoms with E-state index in [9.17, 15) is 19.5 Å². The van der Waals surface area contributed by atoms with Gasteiger partial charge in [-0.1, -0.05) is 62.4 Å². The van der Waals surface area contributed by atoms with Crippen LogP contribution in [0.2, 0.25) is 0 Å². The standard InChI is InChI=1S/C25H28N2O5/c1-3-21(22(28)27-14-25(4-2,15-27)23(29)30)26-24(31)32-13-20-18-11-7-5-9-16(18)17-10-6-8-12-19(17)20/h5-12,20-21H,3-4,13-15H2,1-2H3,(H,26,31)(H,29,30). The molecule has 1 aliphatic heterocycles. The number of likely N-dealkylation sites (tertiary alicyclic amines) is 1. The number of nitrogens with zero attached hydrogens (tertiary/aromatic N) is 1. The lowest BCUT2D eigenvalue weighted by atomic mass is 9.77. The third-order valence-corrected chi connectivity index (χ3v) is 6.77. The number of hydrogen-bond donors (Lipinski definition) is 2. The van der Waals surface area contributed by atoms with E-state index < -0.39 is 23.5 Å². The Labute approximate surface area is 187 Å². The summed E-state index contributed by atoms with van der Waals surface area (Å²) in [7, 11) is 0. The summed E-state index contributed by atoms with van der Waals surface area (Å²) in [6.45, 7) is 4.12. The lowest BCUT2D eigenvalue weighted by Crippen LogP contribution is -2.65. The predicted molar refractivity (Wildman–Crippen MR) is 119 cm³/mol. The Balaban J connectivity index is 1.37. The zero-order valence-corrected chi connectivity index (χ0v) is 18.3. The number of carboxylic acids is 1. The number of hydrogen-bond acceptors (Lipinski definition) is 4. The van der Waals surface area contributed by atoms with E-state index in [0.717, 1.165) is 22.3 Å². The largest absolute Gasteiger partial charge is 0.481 e. The number of carboxylic acid groups (broad SMARTS) is 1. The Morgan fingerprint density at radius 3 is 2.12 bits per heavy atom.